The smallest absolute Gasteiger partial charge is 0.271 e. The van der Waals surface area contributed by atoms with E-state index in [1.807, 2.05) is 4.90 Å². The van der Waals surface area contributed by atoms with E-state index in [-0.39, 0.29) is 10.6 Å². The van der Waals surface area contributed by atoms with Crippen molar-refractivity contribution in [1.29, 1.82) is 0 Å². The van der Waals surface area contributed by atoms with E-state index < -0.39 is 14.9 Å². The number of non-ortho nitro benzene ring substituents is 1. The fraction of sp³-hybridized carbons (Fsp3) is 0.294. The molecule has 0 spiro atoms. The highest BCUT2D eigenvalue weighted by Crippen LogP contribution is 2.35. The lowest BCUT2D eigenvalue weighted by Gasteiger charge is -2.38. The summed E-state index contributed by atoms with van der Waals surface area (Å²) in [6.45, 7) is 4.12. The third-order valence-corrected chi connectivity index (χ3v) is 5.80. The molecule has 2 aromatic carbocycles. The Morgan fingerprint density at radius 1 is 1.11 bits per heavy atom. The summed E-state index contributed by atoms with van der Waals surface area (Å²) in [5.41, 5.74) is 2.03. The van der Waals surface area contributed by atoms with Crippen LogP contribution in [-0.2, 0) is 10.0 Å². The normalized spacial score (nSPS) is 15.1. The Morgan fingerprint density at radius 3 is 2.26 bits per heavy atom. The van der Waals surface area contributed by atoms with E-state index in [0.717, 1.165) is 11.3 Å². The number of benzene rings is 2. The average Bonchev–Trinajstić information content (AvgIpc) is 2.61. The Hall–Kier alpha value is -2.36. The maximum Gasteiger partial charge on any atom is 0.271 e. The van der Waals surface area contributed by atoms with Gasteiger partial charge in [-0.25, -0.2) is 13.6 Å². The molecule has 1 fully saturated rings. The molecule has 0 atom stereocenters. The van der Waals surface area contributed by atoms with Gasteiger partial charge in [-0.15, -0.1) is 0 Å². The van der Waals surface area contributed by atoms with E-state index in [1.54, 1.807) is 25.1 Å². The summed E-state index contributed by atoms with van der Waals surface area (Å²) in [4.78, 5) is 14.6. The number of anilines is 2. The molecule has 1 saturated heterocycles. The number of aryl methyl sites for hydroxylation is 1. The van der Waals surface area contributed by atoms with Crippen molar-refractivity contribution < 1.29 is 13.3 Å². The molecule has 0 unspecified atom stereocenters. The molecule has 0 aromatic heterocycles. The van der Waals surface area contributed by atoms with Gasteiger partial charge in [0.1, 0.15) is 4.90 Å². The fourth-order valence-corrected chi connectivity index (χ4v) is 4.49. The van der Waals surface area contributed by atoms with Gasteiger partial charge >= 0.3 is 0 Å². The van der Waals surface area contributed by atoms with Gasteiger partial charge in [0.15, 0.2) is 0 Å². The highest BCUT2D eigenvalue weighted by atomic mass is 35.5. The molecule has 0 bridgehead atoms. The Labute approximate surface area is 162 Å². The minimum atomic E-state index is -3.82. The van der Waals surface area contributed by atoms with E-state index in [1.165, 1.54) is 18.2 Å². The number of halogens is 1. The van der Waals surface area contributed by atoms with Crippen LogP contribution in [-0.4, -0.2) is 39.5 Å². The zero-order valence-corrected chi connectivity index (χ0v) is 16.2. The summed E-state index contributed by atoms with van der Waals surface area (Å²) in [6, 6.07) is 9.50. The van der Waals surface area contributed by atoms with Crippen molar-refractivity contribution in [3.05, 3.63) is 57.1 Å². The molecule has 1 heterocycles. The monoisotopic (exact) mass is 410 g/mol. The summed E-state index contributed by atoms with van der Waals surface area (Å²) in [5.74, 6) is 0. The van der Waals surface area contributed by atoms with Crippen LogP contribution in [0.3, 0.4) is 0 Å². The van der Waals surface area contributed by atoms with Crippen molar-refractivity contribution >= 4 is 38.7 Å². The van der Waals surface area contributed by atoms with Crippen molar-refractivity contribution in [3.8, 4) is 0 Å². The van der Waals surface area contributed by atoms with Crippen LogP contribution in [0.25, 0.3) is 0 Å². The molecular weight excluding hydrogens is 392 g/mol. The number of primary sulfonamides is 1. The lowest BCUT2D eigenvalue weighted by molar-refractivity contribution is -0.384. The highest BCUT2D eigenvalue weighted by molar-refractivity contribution is 7.89. The molecule has 10 heteroatoms. The molecule has 1 aliphatic heterocycles. The molecule has 1 aliphatic rings. The SMILES string of the molecule is Cc1cc([N+](=O)[O-])cc(Cl)c1N1CCN(c2ccccc2S(N)(=O)=O)CC1. The maximum atomic E-state index is 11.8. The zero-order chi connectivity index (χ0) is 19.8. The van der Waals surface area contributed by atoms with Crippen molar-refractivity contribution in [1.82, 2.24) is 0 Å². The zero-order valence-electron chi connectivity index (χ0n) is 14.6. The number of nitro benzene ring substituents is 1. The number of nitrogens with zero attached hydrogens (tertiary/aromatic N) is 3. The minimum absolute atomic E-state index is 0.0398. The molecule has 0 aliphatic carbocycles. The number of hydrogen-bond donors (Lipinski definition) is 1. The number of rotatable bonds is 4. The van der Waals surface area contributed by atoms with E-state index in [2.05, 4.69) is 4.90 Å². The van der Waals surface area contributed by atoms with Crippen LogP contribution in [0.1, 0.15) is 5.56 Å². The summed E-state index contributed by atoms with van der Waals surface area (Å²) >= 11 is 6.29. The second-order valence-corrected chi connectivity index (χ2v) is 8.27. The lowest BCUT2D eigenvalue weighted by atomic mass is 10.1. The number of nitro groups is 1. The summed E-state index contributed by atoms with van der Waals surface area (Å²) in [6.07, 6.45) is 0. The Balaban J connectivity index is 1.82. The van der Waals surface area contributed by atoms with Crippen LogP contribution in [0.4, 0.5) is 17.1 Å². The van der Waals surface area contributed by atoms with Gasteiger partial charge < -0.3 is 9.80 Å². The molecule has 2 N–H and O–H groups in total. The van der Waals surface area contributed by atoms with Gasteiger partial charge in [-0.3, -0.25) is 10.1 Å². The van der Waals surface area contributed by atoms with Gasteiger partial charge in [0.05, 0.1) is 21.3 Å². The first-order valence-corrected chi connectivity index (χ1v) is 10.2. The first-order valence-electron chi connectivity index (χ1n) is 8.25. The number of hydrogen-bond acceptors (Lipinski definition) is 6. The molecular formula is C17H19ClN4O4S. The molecule has 3 rings (SSSR count). The highest BCUT2D eigenvalue weighted by Gasteiger charge is 2.25. The maximum absolute atomic E-state index is 11.8. The van der Waals surface area contributed by atoms with Crippen LogP contribution < -0.4 is 14.9 Å². The first-order chi connectivity index (χ1) is 12.7. The predicted molar refractivity (Wildman–Crippen MR) is 105 cm³/mol. The molecule has 0 amide bonds. The van der Waals surface area contributed by atoms with Gasteiger partial charge in [-0.1, -0.05) is 23.7 Å². The van der Waals surface area contributed by atoms with Gasteiger partial charge in [-0.05, 0) is 24.6 Å². The van der Waals surface area contributed by atoms with Gasteiger partial charge in [-0.2, -0.15) is 0 Å². The topological polar surface area (TPSA) is 110 Å². The van der Waals surface area contributed by atoms with Crippen molar-refractivity contribution in [2.24, 2.45) is 5.14 Å². The van der Waals surface area contributed by atoms with Crippen molar-refractivity contribution in [2.75, 3.05) is 36.0 Å². The molecule has 0 radical (unpaired) electrons. The fourth-order valence-electron chi connectivity index (χ4n) is 3.35. The standard InChI is InChI=1S/C17H19ClN4O4S/c1-12-10-13(22(23)24)11-14(18)17(12)21-8-6-20(7-9-21)15-4-2-3-5-16(15)27(19,25)26/h2-5,10-11H,6-9H2,1H3,(H2,19,25,26). The molecule has 2 aromatic rings. The van der Waals surface area contributed by atoms with Crippen LogP contribution in [0.15, 0.2) is 41.3 Å². The Bertz CT molecular complexity index is 965. The predicted octanol–water partition coefficient (Wildman–Crippen LogP) is 2.53. The van der Waals surface area contributed by atoms with Gasteiger partial charge in [0, 0.05) is 38.3 Å². The molecule has 144 valence electrons. The van der Waals surface area contributed by atoms with E-state index in [4.69, 9.17) is 16.7 Å². The summed E-state index contributed by atoms with van der Waals surface area (Å²) in [7, 11) is -3.82. The second-order valence-electron chi connectivity index (χ2n) is 6.34. The molecule has 27 heavy (non-hydrogen) atoms. The molecule has 8 nitrogen and oxygen atoms in total. The minimum Gasteiger partial charge on any atom is -0.367 e. The average molecular weight is 411 g/mol. The third kappa shape index (κ3) is 4.00. The number of piperazine rings is 1. The second kappa shape index (κ2) is 7.34. The van der Waals surface area contributed by atoms with Crippen molar-refractivity contribution in [3.63, 3.8) is 0 Å². The number of sulfonamides is 1. The third-order valence-electron chi connectivity index (χ3n) is 4.56. The van der Waals surface area contributed by atoms with Gasteiger partial charge in [0.2, 0.25) is 10.0 Å². The van der Waals surface area contributed by atoms with E-state index >= 15 is 0 Å². The number of nitrogens with two attached hydrogens (primary N) is 1. The first kappa shape index (κ1) is 19.4. The van der Waals surface area contributed by atoms with E-state index in [0.29, 0.717) is 36.9 Å². The lowest BCUT2D eigenvalue weighted by Crippen LogP contribution is -2.47. The Morgan fingerprint density at radius 2 is 1.70 bits per heavy atom. The molecule has 0 saturated carbocycles. The van der Waals surface area contributed by atoms with Crippen molar-refractivity contribution in [2.45, 2.75) is 11.8 Å². The van der Waals surface area contributed by atoms with Crippen LogP contribution >= 0.6 is 11.6 Å². The van der Waals surface area contributed by atoms with Gasteiger partial charge in [0.25, 0.3) is 5.69 Å². The summed E-state index contributed by atoms with van der Waals surface area (Å²) < 4.78 is 23.7. The van der Waals surface area contributed by atoms with E-state index in [9.17, 15) is 18.5 Å². The van der Waals surface area contributed by atoms with Crippen LogP contribution in [0.2, 0.25) is 5.02 Å². The van der Waals surface area contributed by atoms with Crippen LogP contribution in [0.5, 0.6) is 0 Å². The van der Waals surface area contributed by atoms with Crippen LogP contribution in [0, 0.1) is 17.0 Å². The number of para-hydroxylation sites is 1. The largest absolute Gasteiger partial charge is 0.367 e. The quantitative estimate of drug-likeness (QED) is 0.612. The Kier molecular flexibility index (Phi) is 5.27. The summed E-state index contributed by atoms with van der Waals surface area (Å²) in [5, 5.41) is 16.6.